The number of allylic oxidation sites excluding steroid dienone is 2. The van der Waals surface area contributed by atoms with Crippen molar-refractivity contribution in [3.8, 4) is 0 Å². The highest BCUT2D eigenvalue weighted by atomic mass is 16.5. The second kappa shape index (κ2) is 63.1. The van der Waals surface area contributed by atoms with Crippen molar-refractivity contribution in [2.45, 2.75) is 392 Å². The van der Waals surface area contributed by atoms with Crippen LogP contribution in [-0.4, -0.2) is 47.4 Å². The maximum Gasteiger partial charge on any atom is 0.305 e. The van der Waals surface area contributed by atoms with Gasteiger partial charge in [0.15, 0.2) is 0 Å². The van der Waals surface area contributed by atoms with Crippen LogP contribution in [-0.2, 0) is 14.3 Å². The minimum absolute atomic E-state index is 0.0000887. The van der Waals surface area contributed by atoms with Crippen molar-refractivity contribution in [3.63, 3.8) is 0 Å². The van der Waals surface area contributed by atoms with Crippen molar-refractivity contribution in [2.24, 2.45) is 0 Å². The van der Waals surface area contributed by atoms with Gasteiger partial charge in [-0.25, -0.2) is 0 Å². The molecule has 0 spiro atoms. The Balaban J connectivity index is 3.40. The van der Waals surface area contributed by atoms with Gasteiger partial charge in [0, 0.05) is 12.8 Å². The van der Waals surface area contributed by atoms with Crippen LogP contribution in [0.2, 0.25) is 0 Å². The molecule has 0 aromatic carbocycles. The van der Waals surface area contributed by atoms with E-state index in [0.29, 0.717) is 25.9 Å². The lowest BCUT2D eigenvalue weighted by molar-refractivity contribution is -0.143. The van der Waals surface area contributed by atoms with Gasteiger partial charge in [-0.3, -0.25) is 9.59 Å². The first-order chi connectivity index (χ1) is 36.0. The molecule has 6 nitrogen and oxygen atoms in total. The van der Waals surface area contributed by atoms with E-state index in [1.165, 1.54) is 302 Å². The summed E-state index contributed by atoms with van der Waals surface area (Å²) in [5.41, 5.74) is 0. The van der Waals surface area contributed by atoms with Crippen molar-refractivity contribution in [1.29, 1.82) is 0 Å². The zero-order valence-corrected chi connectivity index (χ0v) is 49.6. The number of hydrogen-bond donors (Lipinski definition) is 3. The molecule has 0 fully saturated rings. The van der Waals surface area contributed by atoms with Gasteiger partial charge in [0.1, 0.15) is 0 Å². The molecule has 2 atom stereocenters. The van der Waals surface area contributed by atoms with Gasteiger partial charge in [0.05, 0.1) is 25.4 Å². The number of carbonyl (C=O) groups is 2. The average Bonchev–Trinajstić information content (AvgIpc) is 3.39. The molecule has 0 aromatic rings. The molecular weight excluding hydrogens is 899 g/mol. The van der Waals surface area contributed by atoms with Gasteiger partial charge >= 0.3 is 5.97 Å². The second-order valence-electron chi connectivity index (χ2n) is 23.2. The molecule has 3 N–H and O–H groups in total. The van der Waals surface area contributed by atoms with Gasteiger partial charge in [0.2, 0.25) is 5.91 Å². The summed E-state index contributed by atoms with van der Waals surface area (Å²) in [5, 5.41) is 23.4. The van der Waals surface area contributed by atoms with E-state index in [4.69, 9.17) is 4.74 Å². The Bertz CT molecular complexity index is 1100. The smallest absolute Gasteiger partial charge is 0.305 e. The number of esters is 1. The highest BCUT2D eigenvalue weighted by molar-refractivity contribution is 5.76. The zero-order valence-electron chi connectivity index (χ0n) is 49.6. The number of amides is 1. The van der Waals surface area contributed by atoms with Crippen LogP contribution >= 0.6 is 0 Å². The number of aliphatic hydroxyl groups excluding tert-OH is 2. The molecule has 0 saturated carbocycles. The van der Waals surface area contributed by atoms with Crippen LogP contribution in [0, 0.1) is 0 Å². The molecule has 0 aliphatic rings. The molecule has 6 heteroatoms. The number of nitrogens with one attached hydrogen (secondary N) is 1. The van der Waals surface area contributed by atoms with Crippen LogP contribution in [0.1, 0.15) is 380 Å². The van der Waals surface area contributed by atoms with Gasteiger partial charge in [-0.1, -0.05) is 328 Å². The number of unbranched alkanes of at least 4 members (excludes halogenated alkanes) is 50. The third kappa shape index (κ3) is 59.7. The molecule has 73 heavy (non-hydrogen) atoms. The lowest BCUT2D eigenvalue weighted by Gasteiger charge is -2.22. The standard InChI is InChI=1S/C67H131NO5/c1-3-5-7-9-11-13-15-17-19-20-21-22-23-24-25-26-29-32-35-39-43-47-51-55-59-65(70)64(63-69)68-66(71)60-56-52-48-44-40-36-33-30-27-28-31-34-38-42-46-50-54-58-62-73-67(72)61-57-53-49-45-41-37-18-16-14-12-10-8-6-4-2/h16,18,64-65,69-70H,3-15,17,19-63H2,1-2H3,(H,68,71)/b18-16-. The Morgan fingerprint density at radius 1 is 0.370 bits per heavy atom. The molecule has 0 saturated heterocycles. The van der Waals surface area contributed by atoms with Crippen molar-refractivity contribution >= 4 is 11.9 Å². The van der Waals surface area contributed by atoms with E-state index in [1.807, 2.05) is 0 Å². The van der Waals surface area contributed by atoms with Gasteiger partial charge < -0.3 is 20.3 Å². The van der Waals surface area contributed by atoms with E-state index < -0.39 is 12.1 Å². The van der Waals surface area contributed by atoms with Gasteiger partial charge in [0.25, 0.3) is 0 Å². The third-order valence-corrected chi connectivity index (χ3v) is 15.8. The van der Waals surface area contributed by atoms with Crippen LogP contribution in [0.3, 0.4) is 0 Å². The second-order valence-corrected chi connectivity index (χ2v) is 23.2. The molecule has 0 aromatic heterocycles. The molecular formula is C67H131NO5. The maximum absolute atomic E-state index is 12.5. The minimum atomic E-state index is -0.668. The Hall–Kier alpha value is -1.40. The number of rotatable bonds is 63. The van der Waals surface area contributed by atoms with Crippen LogP contribution < -0.4 is 5.32 Å². The van der Waals surface area contributed by atoms with Crippen LogP contribution in [0.5, 0.6) is 0 Å². The summed E-state index contributed by atoms with van der Waals surface area (Å²) >= 11 is 0. The van der Waals surface area contributed by atoms with Crippen molar-refractivity contribution in [1.82, 2.24) is 5.32 Å². The Morgan fingerprint density at radius 2 is 0.644 bits per heavy atom. The normalized spacial score (nSPS) is 12.5. The molecule has 0 aliphatic carbocycles. The molecule has 1 amide bonds. The first-order valence-electron chi connectivity index (χ1n) is 33.4. The average molecular weight is 1030 g/mol. The van der Waals surface area contributed by atoms with E-state index in [-0.39, 0.29) is 18.5 Å². The lowest BCUT2D eigenvalue weighted by atomic mass is 10.0. The van der Waals surface area contributed by atoms with Crippen LogP contribution in [0.25, 0.3) is 0 Å². The highest BCUT2D eigenvalue weighted by Crippen LogP contribution is 2.19. The Morgan fingerprint density at radius 3 is 0.973 bits per heavy atom. The van der Waals surface area contributed by atoms with E-state index in [1.54, 1.807) is 0 Å². The molecule has 0 radical (unpaired) electrons. The van der Waals surface area contributed by atoms with Crippen LogP contribution in [0.4, 0.5) is 0 Å². The summed E-state index contributed by atoms with van der Waals surface area (Å²) in [6, 6.07) is -0.545. The quantitative estimate of drug-likeness (QED) is 0.0320. The molecule has 0 aliphatic heterocycles. The van der Waals surface area contributed by atoms with Crippen molar-refractivity contribution in [3.05, 3.63) is 12.2 Å². The first kappa shape index (κ1) is 71.6. The summed E-state index contributed by atoms with van der Waals surface area (Å²) in [6.45, 7) is 4.97. The summed E-state index contributed by atoms with van der Waals surface area (Å²) < 4.78 is 5.48. The first-order valence-corrected chi connectivity index (χ1v) is 33.4. The van der Waals surface area contributed by atoms with Crippen LogP contribution in [0.15, 0.2) is 12.2 Å². The summed E-state index contributed by atoms with van der Waals surface area (Å²) in [5.74, 6) is -0.0342. The summed E-state index contributed by atoms with van der Waals surface area (Å²) in [7, 11) is 0. The fourth-order valence-electron chi connectivity index (χ4n) is 10.7. The maximum atomic E-state index is 12.5. The highest BCUT2D eigenvalue weighted by Gasteiger charge is 2.20. The largest absolute Gasteiger partial charge is 0.466 e. The fourth-order valence-corrected chi connectivity index (χ4v) is 10.7. The van der Waals surface area contributed by atoms with E-state index in [2.05, 4.69) is 31.3 Å². The third-order valence-electron chi connectivity index (χ3n) is 15.8. The zero-order chi connectivity index (χ0) is 52.9. The van der Waals surface area contributed by atoms with Gasteiger partial charge in [-0.05, 0) is 51.4 Å². The number of aliphatic hydroxyl groups is 2. The molecule has 434 valence electrons. The number of carbonyl (C=O) groups excluding carboxylic acids is 2. The molecule has 0 rings (SSSR count). The minimum Gasteiger partial charge on any atom is -0.466 e. The van der Waals surface area contributed by atoms with Gasteiger partial charge in [-0.15, -0.1) is 0 Å². The molecule has 2 unspecified atom stereocenters. The van der Waals surface area contributed by atoms with Crippen molar-refractivity contribution < 1.29 is 24.5 Å². The summed E-state index contributed by atoms with van der Waals surface area (Å²) in [6.07, 6.45) is 76.6. The predicted octanol–water partition coefficient (Wildman–Crippen LogP) is 21.2. The number of hydrogen-bond acceptors (Lipinski definition) is 5. The Kier molecular flexibility index (Phi) is 61.9. The molecule has 0 bridgehead atoms. The van der Waals surface area contributed by atoms with E-state index in [9.17, 15) is 19.8 Å². The number of ether oxygens (including phenoxy) is 1. The summed E-state index contributed by atoms with van der Waals surface area (Å²) in [4.78, 5) is 24.6. The van der Waals surface area contributed by atoms with Crippen molar-refractivity contribution in [2.75, 3.05) is 13.2 Å². The predicted molar refractivity (Wildman–Crippen MR) is 320 cm³/mol. The van der Waals surface area contributed by atoms with E-state index in [0.717, 1.165) is 44.9 Å². The Labute approximate surface area is 457 Å². The van der Waals surface area contributed by atoms with E-state index >= 15 is 0 Å². The topological polar surface area (TPSA) is 95.9 Å². The lowest BCUT2D eigenvalue weighted by Crippen LogP contribution is -2.45. The fraction of sp³-hybridized carbons (Fsp3) is 0.940. The monoisotopic (exact) mass is 1030 g/mol. The SMILES string of the molecule is CCCCCCC/C=C\CCCCCCCC(=O)OCCCCCCCCCCCCCCCCCCCCC(=O)NC(CO)C(O)CCCCCCCCCCCCCCCCCCCCCCCCCC. The molecule has 0 heterocycles. The van der Waals surface area contributed by atoms with Gasteiger partial charge in [-0.2, -0.15) is 0 Å².